The fourth-order valence-electron chi connectivity index (χ4n) is 3.01. The number of hydrogen-bond acceptors (Lipinski definition) is 4. The summed E-state index contributed by atoms with van der Waals surface area (Å²) < 4.78 is 53.3. The molecule has 1 fully saturated rings. The van der Waals surface area contributed by atoms with Crippen molar-refractivity contribution in [2.75, 3.05) is 6.54 Å². The number of hydrogen-bond donors (Lipinski definition) is 1. The molecule has 0 aliphatic carbocycles. The summed E-state index contributed by atoms with van der Waals surface area (Å²) in [5.74, 6) is -1.87. The second-order valence-corrected chi connectivity index (χ2v) is 5.66. The Hall–Kier alpha value is -2.03. The topological polar surface area (TPSA) is 65.3 Å². The van der Waals surface area contributed by atoms with Crippen LogP contribution in [0.4, 0.5) is 17.6 Å². The van der Waals surface area contributed by atoms with E-state index in [0.29, 0.717) is 13.0 Å². The Morgan fingerprint density at radius 1 is 1.39 bits per heavy atom. The summed E-state index contributed by atoms with van der Waals surface area (Å²) in [4.78, 5) is 12.4. The van der Waals surface area contributed by atoms with Crippen molar-refractivity contribution in [2.45, 2.75) is 37.3 Å². The Morgan fingerprint density at radius 3 is 2.65 bits per heavy atom. The summed E-state index contributed by atoms with van der Waals surface area (Å²) in [5, 5.41) is 15.4. The molecule has 2 heterocycles. The summed E-state index contributed by atoms with van der Waals surface area (Å²) in [6.07, 6.45) is -3.80. The number of rotatable bonds is 4. The number of halogens is 4. The fourth-order valence-corrected chi connectivity index (χ4v) is 3.01. The Kier molecular flexibility index (Phi) is 3.62. The van der Waals surface area contributed by atoms with E-state index >= 15 is 0 Å². The third-order valence-corrected chi connectivity index (χ3v) is 4.23. The third-order valence-electron chi connectivity index (χ3n) is 4.23. The molecule has 9 heteroatoms. The lowest BCUT2D eigenvalue weighted by atomic mass is 10.0. The smallest absolute Gasteiger partial charge is 0.439 e. The van der Waals surface area contributed by atoms with Crippen LogP contribution in [0.5, 0.6) is 0 Å². The van der Waals surface area contributed by atoms with Gasteiger partial charge in [-0.1, -0.05) is 0 Å². The summed E-state index contributed by atoms with van der Waals surface area (Å²) in [6.45, 7) is 0.241. The maximum Gasteiger partial charge on any atom is 0.439 e. The molecule has 0 amide bonds. The lowest BCUT2D eigenvalue weighted by Crippen LogP contribution is -2.50. The van der Waals surface area contributed by atoms with E-state index in [2.05, 4.69) is 10.2 Å². The second kappa shape index (κ2) is 5.26. The van der Waals surface area contributed by atoms with Gasteiger partial charge in [0.1, 0.15) is 5.82 Å². The van der Waals surface area contributed by atoms with Crippen molar-refractivity contribution in [3.8, 4) is 0 Å². The molecule has 1 saturated heterocycles. The van der Waals surface area contributed by atoms with Gasteiger partial charge in [-0.05, 0) is 37.6 Å². The van der Waals surface area contributed by atoms with Gasteiger partial charge in [0.05, 0.1) is 11.6 Å². The third kappa shape index (κ3) is 2.69. The number of carboxylic acids is 1. The largest absolute Gasteiger partial charge is 0.478 e. The van der Waals surface area contributed by atoms with Crippen molar-refractivity contribution < 1.29 is 27.5 Å². The van der Waals surface area contributed by atoms with E-state index in [1.54, 1.807) is 0 Å². The molecule has 1 N–H and O–H groups in total. The van der Waals surface area contributed by atoms with Crippen LogP contribution in [0, 0.1) is 5.82 Å². The Bertz CT molecular complexity index is 668. The number of aromatic carboxylic acids is 1. The van der Waals surface area contributed by atoms with Gasteiger partial charge in [0.2, 0.25) is 0 Å². The molecule has 0 spiro atoms. The molecule has 23 heavy (non-hydrogen) atoms. The van der Waals surface area contributed by atoms with E-state index in [1.807, 2.05) is 0 Å². The fraction of sp³-hybridized carbons (Fsp3) is 0.500. The van der Waals surface area contributed by atoms with E-state index in [9.17, 15) is 22.4 Å². The van der Waals surface area contributed by atoms with E-state index in [-0.39, 0.29) is 24.1 Å². The normalized spacial score (nSPS) is 23.2. The van der Waals surface area contributed by atoms with Gasteiger partial charge in [-0.3, -0.25) is 4.90 Å². The molecule has 0 saturated carbocycles. The van der Waals surface area contributed by atoms with E-state index in [4.69, 9.17) is 5.11 Å². The minimum Gasteiger partial charge on any atom is -0.478 e. The lowest BCUT2D eigenvalue weighted by molar-refractivity contribution is -0.177. The van der Waals surface area contributed by atoms with Gasteiger partial charge >= 0.3 is 12.1 Å². The van der Waals surface area contributed by atoms with Crippen molar-refractivity contribution in [1.29, 1.82) is 0 Å². The molecule has 0 bridgehead atoms. The summed E-state index contributed by atoms with van der Waals surface area (Å²) in [5.41, 5.74) is -2.47. The molecule has 1 atom stereocenters. The quantitative estimate of drug-likeness (QED) is 0.862. The maximum atomic E-state index is 13.9. The predicted octanol–water partition coefficient (Wildman–Crippen LogP) is 3.21. The van der Waals surface area contributed by atoms with Gasteiger partial charge in [-0.15, -0.1) is 10.2 Å². The maximum absolute atomic E-state index is 13.9. The highest BCUT2D eigenvalue weighted by Crippen LogP contribution is 2.51. The standard InChI is InChI=1S/C14H13F4N3O2/c15-10-4-3-8(12(22)23)6-9(10)7-21-5-1-2-11(21)13(19-20-13)14(16,17)18/h3-4,6,11H,1-2,5,7H2,(H,22,23). The highest BCUT2D eigenvalue weighted by molar-refractivity contribution is 5.87. The zero-order valence-corrected chi connectivity index (χ0v) is 11.8. The van der Waals surface area contributed by atoms with E-state index in [1.165, 1.54) is 4.90 Å². The number of likely N-dealkylation sites (tertiary alicyclic amines) is 1. The van der Waals surface area contributed by atoms with Crippen molar-refractivity contribution in [3.05, 3.63) is 35.1 Å². The molecule has 124 valence electrons. The molecule has 0 radical (unpaired) electrons. The van der Waals surface area contributed by atoms with Gasteiger partial charge < -0.3 is 5.11 Å². The van der Waals surface area contributed by atoms with E-state index < -0.39 is 29.7 Å². The first-order valence-corrected chi connectivity index (χ1v) is 7.01. The van der Waals surface area contributed by atoms with Crippen molar-refractivity contribution in [2.24, 2.45) is 10.2 Å². The Balaban J connectivity index is 1.83. The second-order valence-electron chi connectivity index (χ2n) is 5.66. The van der Waals surface area contributed by atoms with Crippen LogP contribution in [0.2, 0.25) is 0 Å². The molecular formula is C14H13F4N3O2. The van der Waals surface area contributed by atoms with Crippen LogP contribution >= 0.6 is 0 Å². The zero-order valence-electron chi connectivity index (χ0n) is 11.8. The molecule has 5 nitrogen and oxygen atoms in total. The first kappa shape index (κ1) is 15.9. The van der Waals surface area contributed by atoms with Crippen molar-refractivity contribution in [3.63, 3.8) is 0 Å². The van der Waals surface area contributed by atoms with Crippen LogP contribution in [0.25, 0.3) is 0 Å². The molecule has 0 aromatic heterocycles. The van der Waals surface area contributed by atoms with Gasteiger partial charge in [0.25, 0.3) is 5.66 Å². The molecule has 2 aliphatic rings. The van der Waals surface area contributed by atoms with Crippen LogP contribution < -0.4 is 0 Å². The first-order valence-electron chi connectivity index (χ1n) is 7.01. The average molecular weight is 331 g/mol. The first-order chi connectivity index (χ1) is 10.7. The minimum atomic E-state index is -4.58. The van der Waals surface area contributed by atoms with Crippen LogP contribution in [0.3, 0.4) is 0 Å². The van der Waals surface area contributed by atoms with Crippen LogP contribution in [-0.4, -0.2) is 40.4 Å². The number of carboxylic acid groups (broad SMARTS) is 1. The van der Waals surface area contributed by atoms with Crippen molar-refractivity contribution >= 4 is 5.97 Å². The lowest BCUT2D eigenvalue weighted by Gasteiger charge is -2.29. The minimum absolute atomic E-state index is 0.0507. The number of alkyl halides is 3. The predicted molar refractivity (Wildman–Crippen MR) is 70.4 cm³/mol. The Labute approximate surface area is 128 Å². The van der Waals surface area contributed by atoms with Gasteiger partial charge in [0, 0.05) is 12.1 Å². The zero-order chi connectivity index (χ0) is 16.8. The van der Waals surface area contributed by atoms with E-state index in [0.717, 1.165) is 18.2 Å². The summed E-state index contributed by atoms with van der Waals surface area (Å²) >= 11 is 0. The van der Waals surface area contributed by atoms with Crippen molar-refractivity contribution in [1.82, 2.24) is 4.90 Å². The average Bonchev–Trinajstić information content (AvgIpc) is 3.16. The SMILES string of the molecule is O=C(O)c1ccc(F)c(CN2CCCC2C2(C(F)(F)F)N=N2)c1. The molecule has 3 rings (SSSR count). The summed E-state index contributed by atoms with van der Waals surface area (Å²) in [6, 6.07) is 2.30. The van der Waals surface area contributed by atoms with Crippen LogP contribution in [0.1, 0.15) is 28.8 Å². The van der Waals surface area contributed by atoms with Crippen LogP contribution in [0.15, 0.2) is 28.4 Å². The molecule has 2 aliphatic heterocycles. The molecule has 1 aromatic rings. The number of carbonyl (C=O) groups is 1. The Morgan fingerprint density at radius 2 is 2.09 bits per heavy atom. The molecule has 1 unspecified atom stereocenters. The van der Waals surface area contributed by atoms with Gasteiger partial charge in [-0.25, -0.2) is 9.18 Å². The highest BCUT2D eigenvalue weighted by Gasteiger charge is 2.69. The van der Waals surface area contributed by atoms with Crippen LogP contribution in [-0.2, 0) is 6.54 Å². The summed E-state index contributed by atoms with van der Waals surface area (Å²) in [7, 11) is 0. The van der Waals surface area contributed by atoms with Gasteiger partial charge in [0.15, 0.2) is 0 Å². The monoisotopic (exact) mass is 331 g/mol. The molecular weight excluding hydrogens is 318 g/mol. The van der Waals surface area contributed by atoms with Gasteiger partial charge in [-0.2, -0.15) is 13.2 Å². The number of benzene rings is 1. The molecule has 1 aromatic carbocycles. The number of nitrogens with zero attached hydrogens (tertiary/aromatic N) is 3. The highest BCUT2D eigenvalue weighted by atomic mass is 19.4.